The number of phosphoric acid groups is 1. The molecular formula is C47H93N2O6P. The second-order valence-electron chi connectivity index (χ2n) is 17.5. The topological polar surface area (TPSA) is 108 Å². The lowest BCUT2D eigenvalue weighted by Gasteiger charge is -2.29. The number of nitrogens with zero attached hydrogens (tertiary/aromatic N) is 1. The van der Waals surface area contributed by atoms with Crippen LogP contribution in [-0.2, 0) is 18.4 Å². The first-order valence-corrected chi connectivity index (χ1v) is 25.2. The van der Waals surface area contributed by atoms with E-state index >= 15 is 0 Å². The van der Waals surface area contributed by atoms with Crippen molar-refractivity contribution in [2.24, 2.45) is 0 Å². The van der Waals surface area contributed by atoms with Gasteiger partial charge in [-0.1, -0.05) is 192 Å². The quantitative estimate of drug-likeness (QED) is 0.0275. The van der Waals surface area contributed by atoms with Crippen molar-refractivity contribution in [3.8, 4) is 0 Å². The molecule has 332 valence electrons. The number of carbonyl (C=O) groups excluding carboxylic acids is 1. The molecule has 9 heteroatoms. The Bertz CT molecular complexity index is 969. The van der Waals surface area contributed by atoms with Crippen LogP contribution >= 0.6 is 7.82 Å². The van der Waals surface area contributed by atoms with E-state index < -0.39 is 20.0 Å². The number of hydrogen-bond donors (Lipinski definition) is 2. The molecule has 0 aliphatic heterocycles. The summed E-state index contributed by atoms with van der Waals surface area (Å²) >= 11 is 0. The fourth-order valence-electron chi connectivity index (χ4n) is 6.85. The number of aliphatic hydroxyl groups excluding tert-OH is 1. The highest BCUT2D eigenvalue weighted by molar-refractivity contribution is 7.45. The third-order valence-electron chi connectivity index (χ3n) is 10.7. The Morgan fingerprint density at radius 2 is 0.982 bits per heavy atom. The van der Waals surface area contributed by atoms with Crippen LogP contribution in [0, 0.1) is 0 Å². The lowest BCUT2D eigenvalue weighted by molar-refractivity contribution is -0.870. The van der Waals surface area contributed by atoms with Crippen molar-refractivity contribution in [3.05, 3.63) is 24.3 Å². The zero-order valence-corrected chi connectivity index (χ0v) is 38.5. The van der Waals surface area contributed by atoms with Crippen molar-refractivity contribution in [1.29, 1.82) is 0 Å². The summed E-state index contributed by atoms with van der Waals surface area (Å²) in [5, 5.41) is 13.8. The van der Waals surface area contributed by atoms with Crippen LogP contribution in [-0.4, -0.2) is 68.5 Å². The van der Waals surface area contributed by atoms with Crippen LogP contribution in [0.3, 0.4) is 0 Å². The summed E-state index contributed by atoms with van der Waals surface area (Å²) < 4.78 is 23.2. The Labute approximate surface area is 347 Å². The van der Waals surface area contributed by atoms with Crippen molar-refractivity contribution in [1.82, 2.24) is 5.32 Å². The maximum absolute atomic E-state index is 12.9. The Hall–Kier alpha value is -1.02. The molecule has 0 heterocycles. The molecule has 0 aromatic heterocycles. The second kappa shape index (κ2) is 39.4. The highest BCUT2D eigenvalue weighted by Gasteiger charge is 2.23. The third-order valence-corrected chi connectivity index (χ3v) is 11.6. The van der Waals surface area contributed by atoms with Gasteiger partial charge >= 0.3 is 0 Å². The summed E-state index contributed by atoms with van der Waals surface area (Å²) in [6.45, 7) is 4.65. The standard InChI is InChI=1S/C47H93N2O6P/c1-6-8-10-12-14-16-18-20-21-22-23-24-25-26-27-29-31-33-35-37-39-41-47(51)48-45(44-55-56(52,53)54-43-42-49(3,4)5)46(50)40-38-36-34-32-30-28-19-17-15-13-11-9-7-2/h20-21,38,40,45-46,50H,6-19,22-37,39,41-44H2,1-5H3,(H-,48,51,52,53)/b21-20+,40-38+/t45-,46+/m0/s1. The van der Waals surface area contributed by atoms with E-state index in [1.165, 1.54) is 161 Å². The summed E-state index contributed by atoms with van der Waals surface area (Å²) in [7, 11) is 1.26. The van der Waals surface area contributed by atoms with Gasteiger partial charge in [0.05, 0.1) is 39.9 Å². The molecule has 0 saturated heterocycles. The zero-order valence-electron chi connectivity index (χ0n) is 37.6. The summed E-state index contributed by atoms with van der Waals surface area (Å²) in [5.41, 5.74) is 0. The number of likely N-dealkylation sites (N-methyl/N-ethyl adjacent to an activating group) is 1. The fourth-order valence-corrected chi connectivity index (χ4v) is 7.58. The first-order valence-electron chi connectivity index (χ1n) is 23.7. The molecule has 0 fully saturated rings. The van der Waals surface area contributed by atoms with Crippen LogP contribution in [0.2, 0.25) is 0 Å². The molecule has 0 aliphatic rings. The SMILES string of the molecule is CCCCCCCC/C=C/CCCCCCCCCCCCCC(=O)N[C@@H](COP(=O)([O-])OCC[N+](C)(C)C)[C@H](O)/C=C/CCCCCCCCCCCCC. The van der Waals surface area contributed by atoms with Gasteiger partial charge in [-0.2, -0.15) is 0 Å². The minimum atomic E-state index is -4.58. The molecule has 56 heavy (non-hydrogen) atoms. The lowest BCUT2D eigenvalue weighted by atomic mass is 10.0. The first-order chi connectivity index (χ1) is 27.0. The average molecular weight is 813 g/mol. The molecule has 0 aromatic carbocycles. The van der Waals surface area contributed by atoms with E-state index in [1.54, 1.807) is 6.08 Å². The van der Waals surface area contributed by atoms with E-state index in [-0.39, 0.29) is 19.1 Å². The molecule has 0 radical (unpaired) electrons. The highest BCUT2D eigenvalue weighted by atomic mass is 31.2. The van der Waals surface area contributed by atoms with Crippen molar-refractivity contribution < 1.29 is 32.9 Å². The summed E-state index contributed by atoms with van der Waals surface area (Å²) in [6, 6.07) is -0.883. The van der Waals surface area contributed by atoms with Gasteiger partial charge in [0, 0.05) is 6.42 Å². The van der Waals surface area contributed by atoms with Crippen LogP contribution in [0.25, 0.3) is 0 Å². The molecule has 8 nitrogen and oxygen atoms in total. The van der Waals surface area contributed by atoms with Crippen LogP contribution in [0.1, 0.15) is 219 Å². The molecule has 1 unspecified atom stereocenters. The maximum Gasteiger partial charge on any atom is 0.268 e. The predicted molar refractivity (Wildman–Crippen MR) is 238 cm³/mol. The fraction of sp³-hybridized carbons (Fsp3) is 0.894. The average Bonchev–Trinajstić information content (AvgIpc) is 3.15. The van der Waals surface area contributed by atoms with E-state index in [2.05, 4.69) is 31.3 Å². The minimum Gasteiger partial charge on any atom is -0.756 e. The molecule has 0 spiro atoms. The van der Waals surface area contributed by atoms with Crippen LogP contribution < -0.4 is 10.2 Å². The van der Waals surface area contributed by atoms with Gasteiger partial charge < -0.3 is 28.8 Å². The van der Waals surface area contributed by atoms with E-state index in [0.29, 0.717) is 17.4 Å². The van der Waals surface area contributed by atoms with Gasteiger partial charge in [0.1, 0.15) is 13.2 Å². The zero-order chi connectivity index (χ0) is 41.4. The molecule has 0 aromatic rings. The molecule has 0 bridgehead atoms. The number of aliphatic hydroxyl groups is 1. The van der Waals surface area contributed by atoms with Crippen molar-refractivity contribution in [2.75, 3.05) is 40.9 Å². The molecule has 1 amide bonds. The van der Waals surface area contributed by atoms with Gasteiger partial charge in [-0.05, 0) is 44.9 Å². The van der Waals surface area contributed by atoms with Crippen LogP contribution in [0.15, 0.2) is 24.3 Å². The molecule has 2 N–H and O–H groups in total. The van der Waals surface area contributed by atoms with Gasteiger partial charge in [-0.3, -0.25) is 9.36 Å². The van der Waals surface area contributed by atoms with Gasteiger partial charge in [-0.25, -0.2) is 0 Å². The van der Waals surface area contributed by atoms with Crippen molar-refractivity contribution in [2.45, 2.75) is 231 Å². The third kappa shape index (κ3) is 41.2. The Morgan fingerprint density at radius 1 is 0.607 bits per heavy atom. The minimum absolute atomic E-state index is 0.000198. The Kier molecular flexibility index (Phi) is 38.7. The summed E-state index contributed by atoms with van der Waals surface area (Å²) in [5.74, 6) is -0.198. The van der Waals surface area contributed by atoms with Crippen LogP contribution in [0.4, 0.5) is 0 Å². The largest absolute Gasteiger partial charge is 0.756 e. The van der Waals surface area contributed by atoms with Crippen molar-refractivity contribution in [3.63, 3.8) is 0 Å². The molecule has 0 rings (SSSR count). The van der Waals surface area contributed by atoms with E-state index in [0.717, 1.165) is 38.5 Å². The molecule has 3 atom stereocenters. The summed E-state index contributed by atoms with van der Waals surface area (Å²) in [6.07, 6.45) is 46.5. The number of allylic oxidation sites excluding steroid dienone is 3. The number of carbonyl (C=O) groups is 1. The molecule has 0 aliphatic carbocycles. The first kappa shape index (κ1) is 55.0. The lowest BCUT2D eigenvalue weighted by Crippen LogP contribution is -2.45. The van der Waals surface area contributed by atoms with Crippen molar-refractivity contribution >= 4 is 13.7 Å². The van der Waals surface area contributed by atoms with Gasteiger partial charge in [0.2, 0.25) is 5.91 Å². The van der Waals surface area contributed by atoms with E-state index in [4.69, 9.17) is 9.05 Å². The number of amides is 1. The molecular weight excluding hydrogens is 719 g/mol. The number of hydrogen-bond acceptors (Lipinski definition) is 6. The Balaban J connectivity index is 4.30. The predicted octanol–water partition coefficient (Wildman–Crippen LogP) is 12.7. The van der Waals surface area contributed by atoms with E-state index in [9.17, 15) is 19.4 Å². The molecule has 0 saturated carbocycles. The van der Waals surface area contributed by atoms with Gasteiger partial charge in [0.25, 0.3) is 7.82 Å². The maximum atomic E-state index is 12.9. The van der Waals surface area contributed by atoms with Gasteiger partial charge in [-0.15, -0.1) is 0 Å². The van der Waals surface area contributed by atoms with Crippen LogP contribution in [0.5, 0.6) is 0 Å². The number of nitrogens with one attached hydrogen (secondary N) is 1. The summed E-state index contributed by atoms with van der Waals surface area (Å²) in [4.78, 5) is 25.3. The number of rotatable bonds is 43. The van der Waals surface area contributed by atoms with E-state index in [1.807, 2.05) is 27.2 Å². The monoisotopic (exact) mass is 813 g/mol. The smallest absolute Gasteiger partial charge is 0.268 e. The number of unbranched alkanes of at least 4 members (excludes halogenated alkanes) is 28. The normalized spacial score (nSPS) is 14.5. The number of quaternary nitrogens is 1. The Morgan fingerprint density at radius 3 is 1.39 bits per heavy atom. The highest BCUT2D eigenvalue weighted by Crippen LogP contribution is 2.38. The van der Waals surface area contributed by atoms with Gasteiger partial charge in [0.15, 0.2) is 0 Å². The second-order valence-corrected chi connectivity index (χ2v) is 18.9. The number of phosphoric ester groups is 1.